The van der Waals surface area contributed by atoms with E-state index >= 15 is 0 Å². The van der Waals surface area contributed by atoms with Gasteiger partial charge in [-0.1, -0.05) is 67.7 Å². The Morgan fingerprint density at radius 3 is 2.13 bits per heavy atom. The predicted molar refractivity (Wildman–Crippen MR) is 131 cm³/mol. The monoisotopic (exact) mass is 428 g/mol. The van der Waals surface area contributed by atoms with Crippen LogP contribution in [0.5, 0.6) is 0 Å². The molecule has 31 heavy (non-hydrogen) atoms. The van der Waals surface area contributed by atoms with Crippen LogP contribution in [0.3, 0.4) is 0 Å². The highest BCUT2D eigenvalue weighted by Gasteiger charge is 2.82. The van der Waals surface area contributed by atoms with E-state index in [1.54, 1.807) is 0 Å². The van der Waals surface area contributed by atoms with Crippen molar-refractivity contribution >= 4 is 0 Å². The Morgan fingerprint density at radius 2 is 1.42 bits per heavy atom. The van der Waals surface area contributed by atoms with Crippen molar-refractivity contribution in [3.8, 4) is 0 Å². The molecule has 1 N–H and O–H groups in total. The van der Waals surface area contributed by atoms with Crippen LogP contribution in [0.15, 0.2) is 0 Å². The number of fused-ring (bicyclic) bond motifs is 2. The summed E-state index contributed by atoms with van der Waals surface area (Å²) < 4.78 is 0. The fraction of sp³-hybridized carbons (Fsp3) is 1.00. The normalized spacial score (nSPS) is 53.3. The van der Waals surface area contributed by atoms with Crippen LogP contribution in [0.1, 0.15) is 126 Å². The lowest BCUT2D eigenvalue weighted by Gasteiger charge is -2.63. The largest absolute Gasteiger partial charge is 0.393 e. The SMILES string of the molecule is CC(C)CCC[C@@H](C)[C@H]1CC[C@@]2(C)[C@@H]3CCC4C(C)(C)[C@@H](O)CC[C@@]45C[C@@]35CC[C@]12C. The Labute approximate surface area is 193 Å². The Balaban J connectivity index is 1.39. The van der Waals surface area contributed by atoms with Gasteiger partial charge in [0.2, 0.25) is 0 Å². The standard InChI is InChI=1S/C30H52O/c1-20(2)9-8-10-21(3)22-13-15-28(7)24-12-11-23-26(4,5)25(31)14-16-29(23)19-30(24,29)18-17-27(22,28)6/h20-25,31H,8-19H2,1-7H3/t21-,22-,23?,24+,25+,27-,28+,29-,30+/m1/s1. The van der Waals surface area contributed by atoms with Crippen LogP contribution in [-0.2, 0) is 0 Å². The molecular weight excluding hydrogens is 376 g/mol. The first-order valence-corrected chi connectivity index (χ1v) is 14.1. The zero-order chi connectivity index (χ0) is 22.4. The summed E-state index contributed by atoms with van der Waals surface area (Å²) in [6.45, 7) is 17.7. The van der Waals surface area contributed by atoms with Crippen LogP contribution in [0.4, 0.5) is 0 Å². The third-order valence-corrected chi connectivity index (χ3v) is 13.3. The van der Waals surface area contributed by atoms with Gasteiger partial charge < -0.3 is 5.11 Å². The van der Waals surface area contributed by atoms with Gasteiger partial charge in [0.15, 0.2) is 0 Å². The molecular formula is C30H52O. The third-order valence-electron chi connectivity index (χ3n) is 13.3. The average Bonchev–Trinajstić information content (AvgIpc) is 3.27. The lowest BCUT2D eigenvalue weighted by atomic mass is 9.41. The van der Waals surface area contributed by atoms with Crippen molar-refractivity contribution in [2.75, 3.05) is 0 Å². The van der Waals surface area contributed by atoms with Crippen molar-refractivity contribution in [2.45, 2.75) is 132 Å². The summed E-state index contributed by atoms with van der Waals surface area (Å²) in [5, 5.41) is 10.8. The molecule has 0 radical (unpaired) electrons. The lowest BCUT2D eigenvalue weighted by Crippen LogP contribution is -2.57. The maximum Gasteiger partial charge on any atom is 0.0594 e. The van der Waals surface area contributed by atoms with E-state index in [-0.39, 0.29) is 11.5 Å². The smallest absolute Gasteiger partial charge is 0.0594 e. The minimum absolute atomic E-state index is 0.0793. The molecule has 0 bridgehead atoms. The van der Waals surface area contributed by atoms with Crippen molar-refractivity contribution in [2.24, 2.45) is 56.7 Å². The van der Waals surface area contributed by atoms with E-state index in [0.717, 1.165) is 36.0 Å². The molecule has 9 atom stereocenters. The molecule has 0 amide bonds. The third kappa shape index (κ3) is 2.77. The second-order valence-electron chi connectivity index (χ2n) is 14.8. The highest BCUT2D eigenvalue weighted by atomic mass is 16.3. The Morgan fingerprint density at radius 1 is 0.742 bits per heavy atom. The number of aliphatic hydroxyl groups excluding tert-OH is 1. The first-order chi connectivity index (χ1) is 14.4. The summed E-state index contributed by atoms with van der Waals surface area (Å²) in [6, 6.07) is 0. The van der Waals surface area contributed by atoms with Gasteiger partial charge in [-0.25, -0.2) is 0 Å². The van der Waals surface area contributed by atoms with Crippen LogP contribution in [0.2, 0.25) is 0 Å². The fourth-order valence-electron chi connectivity index (χ4n) is 11.3. The first kappa shape index (κ1) is 22.7. The summed E-state index contributed by atoms with van der Waals surface area (Å²) in [7, 11) is 0. The van der Waals surface area contributed by atoms with Crippen LogP contribution in [0.25, 0.3) is 0 Å². The molecule has 1 nitrogen and oxygen atoms in total. The van der Waals surface area contributed by atoms with Gasteiger partial charge in [0.05, 0.1) is 6.10 Å². The van der Waals surface area contributed by atoms with Crippen molar-refractivity contribution in [1.29, 1.82) is 0 Å². The molecule has 2 spiro atoms. The maximum atomic E-state index is 10.8. The van der Waals surface area contributed by atoms with Crippen LogP contribution >= 0.6 is 0 Å². The van der Waals surface area contributed by atoms with Crippen molar-refractivity contribution in [3.63, 3.8) is 0 Å². The summed E-state index contributed by atoms with van der Waals surface area (Å²) in [6.07, 6.45) is 16.9. The van der Waals surface area contributed by atoms with Crippen molar-refractivity contribution < 1.29 is 5.11 Å². The number of aliphatic hydroxyl groups is 1. The summed E-state index contributed by atoms with van der Waals surface area (Å²) in [5.41, 5.74) is 2.45. The molecule has 0 saturated heterocycles. The molecule has 5 aliphatic rings. The molecule has 1 unspecified atom stereocenters. The number of rotatable bonds is 5. The van der Waals surface area contributed by atoms with E-state index in [1.807, 2.05) is 0 Å². The summed E-state index contributed by atoms with van der Waals surface area (Å²) in [4.78, 5) is 0. The van der Waals surface area contributed by atoms with E-state index in [4.69, 9.17) is 0 Å². The fourth-order valence-corrected chi connectivity index (χ4v) is 11.3. The van der Waals surface area contributed by atoms with Gasteiger partial charge in [0.25, 0.3) is 0 Å². The topological polar surface area (TPSA) is 20.2 Å². The summed E-state index contributed by atoms with van der Waals surface area (Å²) in [5.74, 6) is 4.41. The van der Waals surface area contributed by atoms with Crippen molar-refractivity contribution in [3.05, 3.63) is 0 Å². The number of hydrogen-bond donors (Lipinski definition) is 1. The zero-order valence-electron chi connectivity index (χ0n) is 21.9. The maximum absolute atomic E-state index is 10.8. The molecule has 5 rings (SSSR count). The van der Waals surface area contributed by atoms with Crippen molar-refractivity contribution in [1.82, 2.24) is 0 Å². The van der Waals surface area contributed by atoms with E-state index in [1.165, 1.54) is 70.6 Å². The average molecular weight is 429 g/mol. The van der Waals surface area contributed by atoms with E-state index in [2.05, 4.69) is 48.5 Å². The molecule has 0 aliphatic heterocycles. The van der Waals surface area contributed by atoms with E-state index in [0.29, 0.717) is 21.7 Å². The van der Waals surface area contributed by atoms with Crippen LogP contribution in [0, 0.1) is 56.7 Å². The molecule has 0 aromatic rings. The molecule has 0 aromatic carbocycles. The molecule has 1 heteroatoms. The second-order valence-corrected chi connectivity index (χ2v) is 14.8. The van der Waals surface area contributed by atoms with Gasteiger partial charge in [-0.2, -0.15) is 0 Å². The Bertz CT molecular complexity index is 709. The Kier molecular flexibility index (Phi) is 5.13. The van der Waals surface area contributed by atoms with Gasteiger partial charge >= 0.3 is 0 Å². The lowest BCUT2D eigenvalue weighted by molar-refractivity contribution is -0.161. The highest BCUT2D eigenvalue weighted by Crippen LogP contribution is 2.89. The van der Waals surface area contributed by atoms with Gasteiger partial charge in [-0.15, -0.1) is 0 Å². The highest BCUT2D eigenvalue weighted by molar-refractivity contribution is 5.30. The van der Waals surface area contributed by atoms with Gasteiger partial charge in [-0.05, 0) is 114 Å². The van der Waals surface area contributed by atoms with Gasteiger partial charge in [0.1, 0.15) is 0 Å². The van der Waals surface area contributed by atoms with Crippen LogP contribution in [-0.4, -0.2) is 11.2 Å². The molecule has 0 aromatic heterocycles. The zero-order valence-corrected chi connectivity index (χ0v) is 21.9. The van der Waals surface area contributed by atoms with Gasteiger partial charge in [0, 0.05) is 0 Å². The minimum atomic E-state index is -0.0793. The second kappa shape index (κ2) is 6.99. The molecule has 5 fully saturated rings. The first-order valence-electron chi connectivity index (χ1n) is 14.1. The molecule has 178 valence electrons. The minimum Gasteiger partial charge on any atom is -0.393 e. The predicted octanol–water partition coefficient (Wildman–Crippen LogP) is 8.25. The quantitative estimate of drug-likeness (QED) is 0.467. The van der Waals surface area contributed by atoms with E-state index < -0.39 is 0 Å². The van der Waals surface area contributed by atoms with Crippen LogP contribution < -0.4 is 0 Å². The number of hydrogen-bond acceptors (Lipinski definition) is 1. The molecule has 5 aliphatic carbocycles. The summed E-state index contributed by atoms with van der Waals surface area (Å²) >= 11 is 0. The molecule has 5 saturated carbocycles. The van der Waals surface area contributed by atoms with E-state index in [9.17, 15) is 5.11 Å². The van der Waals surface area contributed by atoms with Gasteiger partial charge in [-0.3, -0.25) is 0 Å². The molecule has 0 heterocycles. The Hall–Kier alpha value is -0.0400.